The SMILES string of the molecule is CCc1ccc(C(=O)Cc2cncc(Br)c2)o1. The number of furan rings is 1. The average Bonchev–Trinajstić information content (AvgIpc) is 2.77. The predicted molar refractivity (Wildman–Crippen MR) is 68.1 cm³/mol. The molecule has 0 saturated carbocycles. The third kappa shape index (κ3) is 3.03. The van der Waals surface area contributed by atoms with Crippen LogP contribution in [0.15, 0.2) is 39.5 Å². The summed E-state index contributed by atoms with van der Waals surface area (Å²) in [4.78, 5) is 15.9. The van der Waals surface area contributed by atoms with Crippen LogP contribution in [0.3, 0.4) is 0 Å². The lowest BCUT2D eigenvalue weighted by Gasteiger charge is -1.99. The minimum Gasteiger partial charge on any atom is -0.458 e. The molecule has 2 rings (SSSR count). The minimum absolute atomic E-state index is 0.0235. The number of carbonyl (C=O) groups excluding carboxylic acids is 1. The van der Waals surface area contributed by atoms with Gasteiger partial charge in [-0.1, -0.05) is 6.92 Å². The number of Topliss-reactive ketones (excluding diaryl/α,β-unsaturated/α-hetero) is 1. The van der Waals surface area contributed by atoms with Crippen molar-refractivity contribution in [1.82, 2.24) is 4.98 Å². The molecule has 88 valence electrons. The maximum absolute atomic E-state index is 11.9. The normalized spacial score (nSPS) is 10.5. The van der Waals surface area contributed by atoms with Gasteiger partial charge in [-0.05, 0) is 39.7 Å². The minimum atomic E-state index is -0.0235. The Morgan fingerprint density at radius 1 is 1.41 bits per heavy atom. The van der Waals surface area contributed by atoms with Gasteiger partial charge in [-0.15, -0.1) is 0 Å². The molecule has 0 aliphatic heterocycles. The molecule has 0 spiro atoms. The van der Waals surface area contributed by atoms with E-state index in [0.29, 0.717) is 12.2 Å². The van der Waals surface area contributed by atoms with Crippen LogP contribution >= 0.6 is 15.9 Å². The van der Waals surface area contributed by atoms with Gasteiger partial charge >= 0.3 is 0 Å². The molecule has 0 aliphatic carbocycles. The van der Waals surface area contributed by atoms with E-state index in [4.69, 9.17) is 4.42 Å². The van der Waals surface area contributed by atoms with E-state index in [2.05, 4.69) is 20.9 Å². The van der Waals surface area contributed by atoms with Gasteiger partial charge in [0.05, 0.1) is 0 Å². The first-order chi connectivity index (χ1) is 8.19. The van der Waals surface area contributed by atoms with Gasteiger partial charge in [-0.2, -0.15) is 0 Å². The van der Waals surface area contributed by atoms with Gasteiger partial charge in [0, 0.05) is 29.7 Å². The zero-order valence-electron chi connectivity index (χ0n) is 9.44. The largest absolute Gasteiger partial charge is 0.458 e. The van der Waals surface area contributed by atoms with Crippen molar-refractivity contribution in [1.29, 1.82) is 0 Å². The maximum Gasteiger partial charge on any atom is 0.202 e. The second kappa shape index (κ2) is 5.27. The fraction of sp³-hybridized carbons (Fsp3) is 0.231. The van der Waals surface area contributed by atoms with Crippen molar-refractivity contribution >= 4 is 21.7 Å². The smallest absolute Gasteiger partial charge is 0.202 e. The third-order valence-electron chi connectivity index (χ3n) is 2.41. The molecule has 0 fully saturated rings. The first kappa shape index (κ1) is 12.0. The lowest BCUT2D eigenvalue weighted by molar-refractivity contribution is 0.0964. The molecule has 4 heteroatoms. The van der Waals surface area contributed by atoms with Crippen LogP contribution in [0.5, 0.6) is 0 Å². The quantitative estimate of drug-likeness (QED) is 0.811. The summed E-state index contributed by atoms with van der Waals surface area (Å²) in [6.07, 6.45) is 4.48. The first-order valence-electron chi connectivity index (χ1n) is 5.40. The van der Waals surface area contributed by atoms with Gasteiger partial charge in [0.15, 0.2) is 5.76 Å². The van der Waals surface area contributed by atoms with Crippen molar-refractivity contribution in [2.75, 3.05) is 0 Å². The highest BCUT2D eigenvalue weighted by atomic mass is 79.9. The molecule has 2 aromatic rings. The number of pyridine rings is 1. The Hall–Kier alpha value is -1.42. The summed E-state index contributed by atoms with van der Waals surface area (Å²) in [7, 11) is 0. The van der Waals surface area contributed by atoms with Gasteiger partial charge in [-0.25, -0.2) is 0 Å². The van der Waals surface area contributed by atoms with Crippen LogP contribution < -0.4 is 0 Å². The Bertz CT molecular complexity index is 534. The molecule has 0 radical (unpaired) electrons. The molecular weight excluding hydrogens is 282 g/mol. The lowest BCUT2D eigenvalue weighted by atomic mass is 10.1. The number of rotatable bonds is 4. The van der Waals surface area contributed by atoms with Crippen LogP contribution in [0.25, 0.3) is 0 Å². The Morgan fingerprint density at radius 2 is 2.24 bits per heavy atom. The summed E-state index contributed by atoms with van der Waals surface area (Å²) < 4.78 is 6.29. The second-order valence-corrected chi connectivity index (χ2v) is 4.65. The molecule has 0 aliphatic rings. The fourth-order valence-electron chi connectivity index (χ4n) is 1.54. The number of carbonyl (C=O) groups is 1. The summed E-state index contributed by atoms with van der Waals surface area (Å²) >= 11 is 3.33. The Kier molecular flexibility index (Phi) is 3.74. The van der Waals surface area contributed by atoms with E-state index in [0.717, 1.165) is 22.2 Å². The van der Waals surface area contributed by atoms with Crippen molar-refractivity contribution in [3.05, 3.63) is 52.1 Å². The Balaban J connectivity index is 2.11. The molecule has 0 atom stereocenters. The van der Waals surface area contributed by atoms with Crippen molar-refractivity contribution in [3.8, 4) is 0 Å². The van der Waals surface area contributed by atoms with Crippen molar-refractivity contribution < 1.29 is 9.21 Å². The molecule has 0 bridgehead atoms. The molecule has 0 N–H and O–H groups in total. The molecule has 3 nitrogen and oxygen atoms in total. The number of aromatic nitrogens is 1. The van der Waals surface area contributed by atoms with E-state index in [1.54, 1.807) is 18.5 Å². The summed E-state index contributed by atoms with van der Waals surface area (Å²) in [5, 5.41) is 0. The highest BCUT2D eigenvalue weighted by Crippen LogP contribution is 2.14. The Labute approximate surface area is 108 Å². The summed E-state index contributed by atoms with van der Waals surface area (Å²) in [6.45, 7) is 1.99. The van der Waals surface area contributed by atoms with E-state index >= 15 is 0 Å². The molecule has 17 heavy (non-hydrogen) atoms. The van der Waals surface area contributed by atoms with E-state index in [-0.39, 0.29) is 5.78 Å². The first-order valence-corrected chi connectivity index (χ1v) is 6.19. The number of nitrogens with zero attached hydrogens (tertiary/aromatic N) is 1. The second-order valence-electron chi connectivity index (χ2n) is 3.73. The van der Waals surface area contributed by atoms with E-state index < -0.39 is 0 Å². The number of hydrogen-bond donors (Lipinski definition) is 0. The molecule has 0 unspecified atom stereocenters. The topological polar surface area (TPSA) is 43.1 Å². The molecule has 0 amide bonds. The standard InChI is InChI=1S/C13H12BrNO2/c1-2-11-3-4-13(17-11)12(16)6-9-5-10(14)8-15-7-9/h3-5,7-8H,2,6H2,1H3. The summed E-state index contributed by atoms with van der Waals surface area (Å²) in [6, 6.07) is 5.45. The zero-order chi connectivity index (χ0) is 12.3. The molecule has 0 aromatic carbocycles. The number of aryl methyl sites for hydroxylation is 1. The highest BCUT2D eigenvalue weighted by Gasteiger charge is 2.11. The van der Waals surface area contributed by atoms with Crippen LogP contribution in [-0.4, -0.2) is 10.8 Å². The molecular formula is C13H12BrNO2. The number of hydrogen-bond acceptors (Lipinski definition) is 3. The van der Waals surface area contributed by atoms with Gasteiger partial charge in [0.2, 0.25) is 5.78 Å². The monoisotopic (exact) mass is 293 g/mol. The van der Waals surface area contributed by atoms with Crippen molar-refractivity contribution in [2.45, 2.75) is 19.8 Å². The van der Waals surface area contributed by atoms with Gasteiger partial charge in [-0.3, -0.25) is 9.78 Å². The highest BCUT2D eigenvalue weighted by molar-refractivity contribution is 9.10. The number of ketones is 1. The number of halogens is 1. The van der Waals surface area contributed by atoms with E-state index in [1.807, 2.05) is 19.1 Å². The maximum atomic E-state index is 11.9. The predicted octanol–water partition coefficient (Wildman–Crippen LogP) is 3.42. The molecule has 0 saturated heterocycles. The lowest BCUT2D eigenvalue weighted by Crippen LogP contribution is -2.02. The third-order valence-corrected chi connectivity index (χ3v) is 2.84. The van der Waals surface area contributed by atoms with Crippen LogP contribution in [0, 0.1) is 0 Å². The fourth-order valence-corrected chi connectivity index (χ4v) is 1.96. The summed E-state index contributed by atoms with van der Waals surface area (Å²) in [5.41, 5.74) is 0.874. The zero-order valence-corrected chi connectivity index (χ0v) is 11.0. The van der Waals surface area contributed by atoms with E-state index in [1.165, 1.54) is 0 Å². The van der Waals surface area contributed by atoms with Crippen LogP contribution in [0.1, 0.15) is 28.8 Å². The Morgan fingerprint density at radius 3 is 2.88 bits per heavy atom. The average molecular weight is 294 g/mol. The summed E-state index contributed by atoms with van der Waals surface area (Å²) in [5.74, 6) is 1.23. The molecule has 2 heterocycles. The van der Waals surface area contributed by atoms with Gasteiger partial charge < -0.3 is 4.42 Å². The van der Waals surface area contributed by atoms with Crippen molar-refractivity contribution in [3.63, 3.8) is 0 Å². The van der Waals surface area contributed by atoms with Crippen LogP contribution in [0.4, 0.5) is 0 Å². The van der Waals surface area contributed by atoms with Gasteiger partial charge in [0.1, 0.15) is 5.76 Å². The van der Waals surface area contributed by atoms with Crippen molar-refractivity contribution in [2.24, 2.45) is 0 Å². The van der Waals surface area contributed by atoms with Crippen LogP contribution in [0.2, 0.25) is 0 Å². The van der Waals surface area contributed by atoms with Gasteiger partial charge in [0.25, 0.3) is 0 Å². The molecule has 2 aromatic heterocycles. The van der Waals surface area contributed by atoms with Crippen LogP contribution in [-0.2, 0) is 12.8 Å². The van der Waals surface area contributed by atoms with E-state index in [9.17, 15) is 4.79 Å².